The van der Waals surface area contributed by atoms with Crippen LogP contribution >= 0.6 is 0 Å². The number of amides is 1. The van der Waals surface area contributed by atoms with Gasteiger partial charge in [-0.15, -0.1) is 0 Å². The zero-order valence-corrected chi connectivity index (χ0v) is 25.1. The van der Waals surface area contributed by atoms with Crippen LogP contribution in [0, 0.1) is 5.92 Å². The van der Waals surface area contributed by atoms with Gasteiger partial charge in [0, 0.05) is 44.1 Å². The lowest BCUT2D eigenvalue weighted by Gasteiger charge is -2.32. The molecule has 1 aromatic carbocycles. The van der Waals surface area contributed by atoms with Crippen LogP contribution in [0.25, 0.3) is 10.4 Å². The molecule has 15 heteroatoms. The van der Waals surface area contributed by atoms with Crippen molar-refractivity contribution in [2.75, 3.05) is 43.0 Å². The van der Waals surface area contributed by atoms with Gasteiger partial charge in [-0.05, 0) is 66.7 Å². The molecule has 0 saturated carbocycles. The van der Waals surface area contributed by atoms with E-state index in [-0.39, 0.29) is 37.6 Å². The molecule has 41 heavy (non-hydrogen) atoms. The average molecular weight is 576 g/mol. The molecule has 2 aliphatic rings. The largest absolute Gasteiger partial charge is 0.481 e. The van der Waals surface area contributed by atoms with Crippen LogP contribution < -0.4 is 26.0 Å². The number of aliphatic carboxylic acids is 1. The topological polar surface area (TPSA) is 183 Å². The number of hydrogen-bond donors (Lipinski definition) is 2. The first-order chi connectivity index (χ1) is 18.8. The maximum Gasteiger partial charge on any atom is 0.457 e. The Hall–Kier alpha value is -3.29. The lowest BCUT2D eigenvalue weighted by atomic mass is 9.78. The lowest BCUT2D eigenvalue weighted by Crippen LogP contribution is -2.48. The first-order valence-corrected chi connectivity index (χ1v) is 13.8. The molecule has 2 saturated heterocycles. The maximum atomic E-state index is 12.7. The van der Waals surface area contributed by atoms with Crippen molar-refractivity contribution in [1.29, 1.82) is 0 Å². The predicted octanol–water partition coefficient (Wildman–Crippen LogP) is 2.69. The molecule has 0 aliphatic carbocycles. The van der Waals surface area contributed by atoms with E-state index in [1.807, 2.05) is 27.7 Å². The van der Waals surface area contributed by atoms with Gasteiger partial charge in [-0.2, -0.15) is 0 Å². The Bertz CT molecular complexity index is 1260. The number of hydrogen-bond acceptors (Lipinski definition) is 10. The van der Waals surface area contributed by atoms with E-state index in [4.69, 9.17) is 14.0 Å². The van der Waals surface area contributed by atoms with E-state index in [2.05, 4.69) is 15.3 Å². The van der Waals surface area contributed by atoms with Crippen LogP contribution in [0.2, 0.25) is 6.32 Å². The summed E-state index contributed by atoms with van der Waals surface area (Å²) in [6, 6.07) is 0. The summed E-state index contributed by atoms with van der Waals surface area (Å²) >= 11 is 0. The third kappa shape index (κ3) is 6.63. The summed E-state index contributed by atoms with van der Waals surface area (Å²) in [6.45, 7) is 13.2. The number of nitrogens with zero attached hydrogens (tertiary/aromatic N) is 5. The number of likely N-dealkylation sites (N-methyl/N-ethyl adjacent to an activating group) is 1. The minimum Gasteiger partial charge on any atom is -0.481 e. The van der Waals surface area contributed by atoms with Gasteiger partial charge in [0.2, 0.25) is 0 Å². The summed E-state index contributed by atoms with van der Waals surface area (Å²) in [4.78, 5) is 55.6. The summed E-state index contributed by atoms with van der Waals surface area (Å²) in [7, 11) is 1.14. The number of carboxylic acids is 1. The van der Waals surface area contributed by atoms with Crippen molar-refractivity contribution < 1.29 is 28.7 Å². The third-order valence-electron chi connectivity index (χ3n) is 8.11. The molecular weight excluding hydrogens is 535 g/mol. The van der Waals surface area contributed by atoms with Crippen molar-refractivity contribution in [3.63, 3.8) is 0 Å². The molecular formula is C26H41BN6O8. The first kappa shape index (κ1) is 32.2. The zero-order valence-electron chi connectivity index (χ0n) is 25.1. The number of ether oxygens (including phenoxy) is 1. The van der Waals surface area contributed by atoms with E-state index in [0.717, 1.165) is 0 Å². The average Bonchev–Trinajstić information content (AvgIpc) is 3.28. The number of anilines is 2. The molecule has 0 unspecified atom stereocenters. The van der Waals surface area contributed by atoms with Crippen molar-refractivity contribution in [2.45, 2.75) is 90.0 Å². The van der Waals surface area contributed by atoms with Crippen LogP contribution in [0.3, 0.4) is 0 Å². The molecule has 2 heterocycles. The fourth-order valence-electron chi connectivity index (χ4n) is 5.26. The Kier molecular flexibility index (Phi) is 9.07. The summed E-state index contributed by atoms with van der Waals surface area (Å²) in [6.07, 6.45) is 0.792. The van der Waals surface area contributed by atoms with Gasteiger partial charge in [0.25, 0.3) is 10.9 Å². The molecule has 1 amide bonds. The minimum absolute atomic E-state index is 0.0852. The monoisotopic (exact) mass is 576 g/mol. The molecule has 226 valence electrons. The van der Waals surface area contributed by atoms with Crippen LogP contribution in [-0.4, -0.2) is 79.9 Å². The molecule has 2 atom stereocenters. The molecule has 0 radical (unpaired) electrons. The summed E-state index contributed by atoms with van der Waals surface area (Å²) in [5, 5.41) is 16.5. The fraction of sp³-hybridized carbons (Fsp3) is 0.769. The number of rotatable bonds is 11. The van der Waals surface area contributed by atoms with Crippen molar-refractivity contribution in [3.05, 3.63) is 30.9 Å². The Morgan fingerprint density at radius 1 is 1.22 bits per heavy atom. The number of nitrogens with one attached hydrogen (secondary N) is 1. The second-order valence-electron chi connectivity index (χ2n) is 12.8. The molecule has 2 N–H and O–H groups in total. The van der Waals surface area contributed by atoms with Gasteiger partial charge in [-0.1, -0.05) is 11.5 Å². The number of carbonyl (C=O) groups is 2. The van der Waals surface area contributed by atoms with Crippen LogP contribution in [0.4, 0.5) is 16.2 Å². The molecule has 0 bridgehead atoms. The quantitative estimate of drug-likeness (QED) is 0.131. The van der Waals surface area contributed by atoms with Crippen LogP contribution in [0.5, 0.6) is 0 Å². The zero-order chi connectivity index (χ0) is 31.0. The normalized spacial score (nSPS) is 23.4. The van der Waals surface area contributed by atoms with Gasteiger partial charge in [-0.3, -0.25) is 14.4 Å². The van der Waals surface area contributed by atoms with E-state index in [1.54, 1.807) is 27.8 Å². The van der Waals surface area contributed by atoms with Crippen molar-refractivity contribution in [2.24, 2.45) is 11.0 Å². The Morgan fingerprint density at radius 2 is 1.83 bits per heavy atom. The van der Waals surface area contributed by atoms with Crippen LogP contribution in [0.1, 0.15) is 61.3 Å². The van der Waals surface area contributed by atoms with Gasteiger partial charge < -0.3 is 34.3 Å². The number of azide groups is 1. The van der Waals surface area contributed by atoms with Crippen molar-refractivity contribution >= 4 is 30.6 Å². The maximum absolute atomic E-state index is 12.7. The van der Waals surface area contributed by atoms with Gasteiger partial charge in [0.1, 0.15) is 17.0 Å². The van der Waals surface area contributed by atoms with Gasteiger partial charge in [0.15, 0.2) is 5.54 Å². The molecule has 2 aliphatic heterocycles. The van der Waals surface area contributed by atoms with Gasteiger partial charge >= 0.3 is 19.2 Å². The highest BCUT2D eigenvalue weighted by Crippen LogP contribution is 2.41. The van der Waals surface area contributed by atoms with E-state index in [1.165, 1.54) is 9.80 Å². The van der Waals surface area contributed by atoms with E-state index < -0.39 is 58.3 Å². The standard InChI is InChI=1S/C26H41BN6O8/c1-23(2,3)39-22(38)29-12-13-32(8)17-18(20(35)19(17)34)33-14-16(26(15-33,21(36)37)30-31-28)10-9-11-27-40-24(4,5)25(6,7)41-27/h16H,9-15H2,1-8H3,(H,29,38)(H,36,37)/t16-,26-/m0/s1. The summed E-state index contributed by atoms with van der Waals surface area (Å²) in [5.74, 6) is -1.93. The highest BCUT2D eigenvalue weighted by Gasteiger charge is 2.54. The highest BCUT2D eigenvalue weighted by atomic mass is 16.7. The van der Waals surface area contributed by atoms with Crippen LogP contribution in [-0.2, 0) is 18.8 Å². The smallest absolute Gasteiger partial charge is 0.457 e. The Morgan fingerprint density at radius 3 is 2.37 bits per heavy atom. The van der Waals surface area contributed by atoms with Crippen molar-refractivity contribution in [1.82, 2.24) is 5.32 Å². The summed E-state index contributed by atoms with van der Waals surface area (Å²) < 4.78 is 17.3. The number of carbonyl (C=O) groups excluding carboxylic acids is 1. The molecule has 3 rings (SSSR count). The fourth-order valence-corrected chi connectivity index (χ4v) is 5.26. The first-order valence-electron chi connectivity index (χ1n) is 13.8. The number of alkyl carbamates (subject to hydrolysis) is 1. The lowest BCUT2D eigenvalue weighted by molar-refractivity contribution is -0.144. The highest BCUT2D eigenvalue weighted by molar-refractivity contribution is 6.45. The third-order valence-corrected chi connectivity index (χ3v) is 8.11. The second-order valence-corrected chi connectivity index (χ2v) is 12.8. The molecule has 0 aromatic heterocycles. The van der Waals surface area contributed by atoms with Gasteiger partial charge in [0.05, 0.1) is 11.2 Å². The molecule has 0 spiro atoms. The molecule has 14 nitrogen and oxygen atoms in total. The Labute approximate surface area is 239 Å². The van der Waals surface area contributed by atoms with Crippen molar-refractivity contribution in [3.8, 4) is 0 Å². The SMILES string of the molecule is CN(CCNC(=O)OC(C)(C)C)c1c(N2C[C@H](CCCB3OC(C)(C)C(C)(C)O3)[C@](N=[N+]=[N-])(C(=O)O)C2)c(=O)c1=O. The van der Waals surface area contributed by atoms with E-state index in [9.17, 15) is 29.8 Å². The second kappa shape index (κ2) is 11.5. The van der Waals surface area contributed by atoms with E-state index in [0.29, 0.717) is 19.2 Å². The predicted molar refractivity (Wildman–Crippen MR) is 154 cm³/mol. The molecule has 1 aromatic rings. The van der Waals surface area contributed by atoms with Crippen LogP contribution in [0.15, 0.2) is 14.7 Å². The summed E-state index contributed by atoms with van der Waals surface area (Å²) in [5.41, 5.74) is 4.57. The van der Waals surface area contributed by atoms with Gasteiger partial charge in [-0.25, -0.2) is 4.79 Å². The molecule has 2 fully saturated rings. The minimum atomic E-state index is -1.82. The van der Waals surface area contributed by atoms with E-state index >= 15 is 0 Å². The number of carboxylic acid groups (broad SMARTS) is 1. The Balaban J connectivity index is 1.73.